The molecule has 0 radical (unpaired) electrons. The molecule has 0 unspecified atom stereocenters. The molecule has 1 aromatic heterocycles. The lowest BCUT2D eigenvalue weighted by atomic mass is 10.1. The van der Waals surface area contributed by atoms with E-state index in [-0.39, 0.29) is 18.6 Å². The van der Waals surface area contributed by atoms with E-state index >= 15 is 0 Å². The molecule has 0 bridgehead atoms. The van der Waals surface area contributed by atoms with E-state index in [0.717, 1.165) is 18.8 Å². The van der Waals surface area contributed by atoms with Gasteiger partial charge in [0.25, 0.3) is 5.91 Å². The Kier molecular flexibility index (Phi) is 6.51. The van der Waals surface area contributed by atoms with Gasteiger partial charge in [-0.05, 0) is 24.3 Å². The Hall–Kier alpha value is -2.51. The summed E-state index contributed by atoms with van der Waals surface area (Å²) in [6.45, 7) is 3.35. The first-order valence-corrected chi connectivity index (χ1v) is 8.65. The molecule has 3 rings (SSSR count). The standard InChI is InChI=1S/C19H24N2O5/c1-23-17-5-2-3-6-18(17)26-14-19(22)20-13-15(16-7-4-10-25-16)21-8-11-24-12-9-21/h2-7,10,15H,8-9,11-14H2,1H3,(H,20,22)/t15-/m1/s1. The van der Waals surface area contributed by atoms with Gasteiger partial charge in [0.1, 0.15) is 5.76 Å². The lowest BCUT2D eigenvalue weighted by molar-refractivity contribution is -0.123. The number of para-hydroxylation sites is 2. The van der Waals surface area contributed by atoms with Crippen LogP contribution in [-0.2, 0) is 9.53 Å². The van der Waals surface area contributed by atoms with Crippen LogP contribution in [0.5, 0.6) is 11.5 Å². The van der Waals surface area contributed by atoms with Crippen LogP contribution in [0.2, 0.25) is 0 Å². The zero-order valence-corrected chi connectivity index (χ0v) is 14.8. The van der Waals surface area contributed by atoms with E-state index < -0.39 is 0 Å². The molecule has 7 nitrogen and oxygen atoms in total. The quantitative estimate of drug-likeness (QED) is 0.775. The second-order valence-electron chi connectivity index (χ2n) is 5.92. The van der Waals surface area contributed by atoms with Gasteiger partial charge in [-0.3, -0.25) is 9.69 Å². The van der Waals surface area contributed by atoms with Gasteiger partial charge in [-0.15, -0.1) is 0 Å². The molecule has 1 N–H and O–H groups in total. The maximum absolute atomic E-state index is 12.2. The number of nitrogens with zero attached hydrogens (tertiary/aromatic N) is 1. The lowest BCUT2D eigenvalue weighted by Crippen LogP contribution is -2.44. The molecule has 1 amide bonds. The molecule has 0 aliphatic carbocycles. The van der Waals surface area contributed by atoms with Gasteiger partial charge < -0.3 is 23.9 Å². The number of benzene rings is 1. The molecule has 140 valence electrons. The minimum atomic E-state index is -0.194. The van der Waals surface area contributed by atoms with Crippen LogP contribution in [0.3, 0.4) is 0 Å². The Balaban J connectivity index is 1.54. The molecule has 1 fully saturated rings. The number of nitrogens with one attached hydrogen (secondary N) is 1. The van der Waals surface area contributed by atoms with E-state index in [4.69, 9.17) is 18.6 Å². The Labute approximate surface area is 152 Å². The Bertz CT molecular complexity index is 683. The number of amides is 1. The van der Waals surface area contributed by atoms with Gasteiger partial charge in [0.2, 0.25) is 0 Å². The summed E-state index contributed by atoms with van der Waals surface area (Å²) in [5.74, 6) is 1.78. The second-order valence-corrected chi connectivity index (χ2v) is 5.92. The van der Waals surface area contributed by atoms with Gasteiger partial charge >= 0.3 is 0 Å². The molecule has 1 aromatic carbocycles. The van der Waals surface area contributed by atoms with Crippen molar-refractivity contribution in [2.75, 3.05) is 46.6 Å². The van der Waals surface area contributed by atoms with Gasteiger partial charge in [0.15, 0.2) is 18.1 Å². The first-order valence-electron chi connectivity index (χ1n) is 8.65. The van der Waals surface area contributed by atoms with Crippen molar-refractivity contribution < 1.29 is 23.4 Å². The summed E-state index contributed by atoms with van der Waals surface area (Å²) in [7, 11) is 1.57. The zero-order valence-electron chi connectivity index (χ0n) is 14.8. The zero-order chi connectivity index (χ0) is 18.2. The van der Waals surface area contributed by atoms with Crippen molar-refractivity contribution in [3.8, 4) is 11.5 Å². The summed E-state index contributed by atoms with van der Waals surface area (Å²) >= 11 is 0. The van der Waals surface area contributed by atoms with Gasteiger partial charge in [-0.1, -0.05) is 12.1 Å². The first kappa shape index (κ1) is 18.3. The topological polar surface area (TPSA) is 73.2 Å². The largest absolute Gasteiger partial charge is 0.493 e. The van der Waals surface area contributed by atoms with Crippen LogP contribution in [0.25, 0.3) is 0 Å². The summed E-state index contributed by atoms with van der Waals surface area (Å²) in [4.78, 5) is 14.5. The molecule has 7 heteroatoms. The van der Waals surface area contributed by atoms with E-state index in [0.29, 0.717) is 31.3 Å². The maximum Gasteiger partial charge on any atom is 0.258 e. The van der Waals surface area contributed by atoms with Crippen LogP contribution in [0, 0.1) is 0 Å². The number of furan rings is 1. The van der Waals surface area contributed by atoms with E-state index in [1.54, 1.807) is 25.5 Å². The molecule has 2 aromatic rings. The molecular formula is C19H24N2O5. The molecular weight excluding hydrogens is 336 g/mol. The fourth-order valence-electron chi connectivity index (χ4n) is 2.92. The molecule has 1 aliphatic heterocycles. The van der Waals surface area contributed by atoms with Gasteiger partial charge in [0, 0.05) is 19.6 Å². The Morgan fingerprint density at radius 2 is 1.96 bits per heavy atom. The SMILES string of the molecule is COc1ccccc1OCC(=O)NC[C@H](c1ccco1)N1CCOCC1. The van der Waals surface area contributed by atoms with E-state index in [2.05, 4.69) is 10.2 Å². The number of hydrogen-bond acceptors (Lipinski definition) is 6. The predicted molar refractivity (Wildman–Crippen MR) is 95.3 cm³/mol. The Morgan fingerprint density at radius 1 is 1.19 bits per heavy atom. The summed E-state index contributed by atoms with van der Waals surface area (Å²) < 4.78 is 21.8. The summed E-state index contributed by atoms with van der Waals surface area (Å²) in [6.07, 6.45) is 1.65. The average molecular weight is 360 g/mol. The summed E-state index contributed by atoms with van der Waals surface area (Å²) in [5.41, 5.74) is 0. The highest BCUT2D eigenvalue weighted by Gasteiger charge is 2.25. The number of carbonyl (C=O) groups is 1. The third-order valence-corrected chi connectivity index (χ3v) is 4.28. The van der Waals surface area contributed by atoms with Gasteiger partial charge in [-0.25, -0.2) is 0 Å². The smallest absolute Gasteiger partial charge is 0.258 e. The van der Waals surface area contributed by atoms with E-state index in [1.807, 2.05) is 24.3 Å². The monoisotopic (exact) mass is 360 g/mol. The van der Waals surface area contributed by atoms with E-state index in [9.17, 15) is 4.79 Å². The summed E-state index contributed by atoms with van der Waals surface area (Å²) in [5, 5.41) is 2.93. The van der Waals surface area contributed by atoms with Crippen molar-refractivity contribution in [1.82, 2.24) is 10.2 Å². The number of ether oxygens (including phenoxy) is 3. The average Bonchev–Trinajstić information content (AvgIpc) is 3.22. The molecule has 1 saturated heterocycles. The van der Waals surface area contributed by atoms with Gasteiger partial charge in [0.05, 0.1) is 32.6 Å². The molecule has 0 saturated carbocycles. The van der Waals surface area contributed by atoms with E-state index in [1.165, 1.54) is 0 Å². The van der Waals surface area contributed by atoms with Crippen LogP contribution in [0.15, 0.2) is 47.1 Å². The Morgan fingerprint density at radius 3 is 2.65 bits per heavy atom. The fraction of sp³-hybridized carbons (Fsp3) is 0.421. The summed E-state index contributed by atoms with van der Waals surface area (Å²) in [6, 6.07) is 11.0. The van der Waals surface area contributed by atoms with Crippen molar-refractivity contribution in [1.29, 1.82) is 0 Å². The molecule has 26 heavy (non-hydrogen) atoms. The second kappa shape index (κ2) is 9.26. The highest BCUT2D eigenvalue weighted by Crippen LogP contribution is 2.25. The molecule has 2 heterocycles. The predicted octanol–water partition coefficient (Wildman–Crippen LogP) is 1.86. The van der Waals surface area contributed by atoms with Crippen molar-refractivity contribution in [2.24, 2.45) is 0 Å². The van der Waals surface area contributed by atoms with Gasteiger partial charge in [-0.2, -0.15) is 0 Å². The molecule has 1 aliphatic rings. The number of methoxy groups -OCH3 is 1. The third-order valence-electron chi connectivity index (χ3n) is 4.28. The normalized spacial score (nSPS) is 16.0. The van der Waals surface area contributed by atoms with Crippen LogP contribution in [0.4, 0.5) is 0 Å². The highest BCUT2D eigenvalue weighted by atomic mass is 16.5. The van der Waals surface area contributed by atoms with Crippen molar-refractivity contribution in [3.63, 3.8) is 0 Å². The maximum atomic E-state index is 12.2. The number of hydrogen-bond donors (Lipinski definition) is 1. The van der Waals surface area contributed by atoms with Crippen molar-refractivity contribution in [2.45, 2.75) is 6.04 Å². The van der Waals surface area contributed by atoms with Crippen LogP contribution < -0.4 is 14.8 Å². The molecule has 0 spiro atoms. The molecule has 1 atom stereocenters. The first-order chi connectivity index (χ1) is 12.8. The van der Waals surface area contributed by atoms with Crippen LogP contribution in [-0.4, -0.2) is 57.4 Å². The lowest BCUT2D eigenvalue weighted by Gasteiger charge is -2.33. The van der Waals surface area contributed by atoms with Crippen molar-refractivity contribution in [3.05, 3.63) is 48.4 Å². The minimum absolute atomic E-state index is 0.0240. The fourth-order valence-corrected chi connectivity index (χ4v) is 2.92. The highest BCUT2D eigenvalue weighted by molar-refractivity contribution is 5.77. The number of rotatable bonds is 8. The number of morpholine rings is 1. The van der Waals surface area contributed by atoms with Crippen molar-refractivity contribution >= 4 is 5.91 Å². The van der Waals surface area contributed by atoms with Crippen LogP contribution in [0.1, 0.15) is 11.8 Å². The third kappa shape index (κ3) is 4.77. The minimum Gasteiger partial charge on any atom is -0.493 e. The number of carbonyl (C=O) groups excluding carboxylic acids is 1. The van der Waals surface area contributed by atoms with Crippen LogP contribution >= 0.6 is 0 Å².